The molecule has 0 fully saturated rings. The second-order valence-electron chi connectivity index (χ2n) is 6.55. The van der Waals surface area contributed by atoms with Crippen LogP contribution in [0.3, 0.4) is 0 Å². The number of nitro benzene ring substituents is 1. The highest BCUT2D eigenvalue weighted by Crippen LogP contribution is 2.26. The molecule has 0 aliphatic carbocycles. The van der Waals surface area contributed by atoms with Crippen molar-refractivity contribution >= 4 is 38.9 Å². The predicted octanol–water partition coefficient (Wildman–Crippen LogP) is 2.30. The predicted molar refractivity (Wildman–Crippen MR) is 117 cm³/mol. The molecule has 0 aromatic heterocycles. The number of nitrogens with zero attached hydrogens (tertiary/aromatic N) is 2. The van der Waals surface area contributed by atoms with E-state index in [4.69, 9.17) is 0 Å². The van der Waals surface area contributed by atoms with Gasteiger partial charge in [0.25, 0.3) is 11.6 Å². The van der Waals surface area contributed by atoms with Gasteiger partial charge in [-0.15, -0.1) is 6.58 Å². The van der Waals surface area contributed by atoms with Gasteiger partial charge in [0.05, 0.1) is 28.1 Å². The molecular weight excluding hydrogens is 424 g/mol. The molecule has 0 aliphatic rings. The number of nitro groups is 1. The van der Waals surface area contributed by atoms with E-state index in [1.807, 2.05) is 0 Å². The number of carbonyl (C=O) groups is 2. The van der Waals surface area contributed by atoms with Gasteiger partial charge in [-0.05, 0) is 25.1 Å². The number of para-hydroxylation sites is 1. The maximum absolute atomic E-state index is 12.9. The molecule has 0 aliphatic heterocycles. The molecule has 0 saturated heterocycles. The van der Waals surface area contributed by atoms with Gasteiger partial charge < -0.3 is 10.6 Å². The zero-order valence-electron chi connectivity index (χ0n) is 16.9. The minimum Gasteiger partial charge on any atom is -0.349 e. The Kier molecular flexibility index (Phi) is 7.48. The number of rotatable bonds is 9. The largest absolute Gasteiger partial charge is 0.349 e. The molecular formula is C20H22N4O6S. The number of nitrogens with one attached hydrogen (secondary N) is 2. The van der Waals surface area contributed by atoms with Crippen LogP contribution < -0.4 is 14.9 Å². The molecule has 31 heavy (non-hydrogen) atoms. The van der Waals surface area contributed by atoms with E-state index in [2.05, 4.69) is 17.2 Å². The van der Waals surface area contributed by atoms with Crippen molar-refractivity contribution in [2.24, 2.45) is 0 Å². The number of sulfonamides is 1. The third kappa shape index (κ3) is 5.89. The summed E-state index contributed by atoms with van der Waals surface area (Å²) in [5.41, 5.74) is 0.0268. The lowest BCUT2D eigenvalue weighted by atomic mass is 10.1. The molecule has 0 bridgehead atoms. The van der Waals surface area contributed by atoms with Crippen molar-refractivity contribution in [3.63, 3.8) is 0 Å². The topological polar surface area (TPSA) is 139 Å². The van der Waals surface area contributed by atoms with Crippen molar-refractivity contribution < 1.29 is 22.9 Å². The first-order valence-corrected chi connectivity index (χ1v) is 10.9. The van der Waals surface area contributed by atoms with Gasteiger partial charge in [0.15, 0.2) is 0 Å². The van der Waals surface area contributed by atoms with E-state index in [1.54, 1.807) is 12.1 Å². The van der Waals surface area contributed by atoms with Crippen molar-refractivity contribution in [1.82, 2.24) is 5.32 Å². The fraction of sp³-hybridized carbons (Fsp3) is 0.200. The van der Waals surface area contributed by atoms with Crippen molar-refractivity contribution in [3.05, 3.63) is 76.9 Å². The first-order valence-electron chi connectivity index (χ1n) is 9.09. The highest BCUT2D eigenvalue weighted by atomic mass is 32.2. The Balaban J connectivity index is 2.36. The third-order valence-corrected chi connectivity index (χ3v) is 5.46. The second-order valence-corrected chi connectivity index (χ2v) is 8.40. The van der Waals surface area contributed by atoms with E-state index >= 15 is 0 Å². The number of anilines is 2. The summed E-state index contributed by atoms with van der Waals surface area (Å²) in [5.74, 6) is -1.16. The summed E-state index contributed by atoms with van der Waals surface area (Å²) in [6.07, 6.45) is 2.40. The van der Waals surface area contributed by atoms with Gasteiger partial charge in [0.1, 0.15) is 6.04 Å². The van der Waals surface area contributed by atoms with Gasteiger partial charge >= 0.3 is 0 Å². The number of hydrogen-bond donors (Lipinski definition) is 2. The van der Waals surface area contributed by atoms with Gasteiger partial charge in [-0.1, -0.05) is 24.3 Å². The molecule has 0 radical (unpaired) electrons. The minimum atomic E-state index is -3.98. The molecule has 10 nitrogen and oxygen atoms in total. The molecule has 0 heterocycles. The van der Waals surface area contributed by atoms with E-state index in [9.17, 15) is 28.1 Å². The van der Waals surface area contributed by atoms with Crippen molar-refractivity contribution in [2.45, 2.75) is 13.0 Å². The normalized spacial score (nSPS) is 11.8. The number of benzene rings is 2. The van der Waals surface area contributed by atoms with E-state index in [1.165, 1.54) is 43.3 Å². The molecule has 0 saturated carbocycles. The molecule has 11 heteroatoms. The quantitative estimate of drug-likeness (QED) is 0.344. The highest BCUT2D eigenvalue weighted by Gasteiger charge is 2.30. The molecule has 2 aromatic carbocycles. The number of carbonyl (C=O) groups excluding carboxylic acids is 2. The minimum absolute atomic E-state index is 0.0311. The summed E-state index contributed by atoms with van der Waals surface area (Å²) in [5, 5.41) is 16.2. The summed E-state index contributed by atoms with van der Waals surface area (Å²) in [6, 6.07) is 9.95. The zero-order chi connectivity index (χ0) is 23.2. The summed E-state index contributed by atoms with van der Waals surface area (Å²) in [6.45, 7) is 5.09. The van der Waals surface area contributed by atoms with Crippen LogP contribution in [0.4, 0.5) is 17.1 Å². The maximum Gasteiger partial charge on any atom is 0.271 e. The molecule has 2 amide bonds. The standard InChI is InChI=1S/C20H22N4O6S/c1-4-12-21-20(26)17-10-5-6-11-18(17)22-19(25)14(2)23(31(3,29)30)15-8-7-9-16(13-15)24(27)28/h4-11,13-14H,1,12H2,2-3H3,(H,21,26)(H,22,25)/t14-/m0/s1. The van der Waals surface area contributed by atoms with Gasteiger partial charge in [0.2, 0.25) is 15.9 Å². The second kappa shape index (κ2) is 9.85. The lowest BCUT2D eigenvalue weighted by molar-refractivity contribution is -0.384. The Labute approximate surface area is 179 Å². The summed E-state index contributed by atoms with van der Waals surface area (Å²) >= 11 is 0. The van der Waals surface area contributed by atoms with E-state index in [0.29, 0.717) is 0 Å². The lowest BCUT2D eigenvalue weighted by Gasteiger charge is -2.28. The van der Waals surface area contributed by atoms with Gasteiger partial charge in [0, 0.05) is 18.7 Å². The van der Waals surface area contributed by atoms with Gasteiger partial charge in [-0.25, -0.2) is 8.42 Å². The average Bonchev–Trinajstić information content (AvgIpc) is 2.71. The van der Waals surface area contributed by atoms with Crippen LogP contribution in [0, 0.1) is 10.1 Å². The fourth-order valence-corrected chi connectivity index (χ4v) is 4.01. The SMILES string of the molecule is C=CCNC(=O)c1ccccc1NC(=O)[C@H](C)N(c1cccc([N+](=O)[O-])c1)S(C)(=O)=O. The van der Waals surface area contributed by atoms with Crippen LogP contribution >= 0.6 is 0 Å². The molecule has 2 N–H and O–H groups in total. The maximum atomic E-state index is 12.9. The van der Waals surface area contributed by atoms with Crippen molar-refractivity contribution in [2.75, 3.05) is 22.4 Å². The smallest absolute Gasteiger partial charge is 0.271 e. The van der Waals surface area contributed by atoms with Gasteiger partial charge in [-0.2, -0.15) is 0 Å². The first kappa shape index (κ1) is 23.5. The summed E-state index contributed by atoms with van der Waals surface area (Å²) in [7, 11) is -3.98. The highest BCUT2D eigenvalue weighted by molar-refractivity contribution is 7.92. The molecule has 2 rings (SSSR count). The number of amides is 2. The molecule has 0 spiro atoms. The van der Waals surface area contributed by atoms with Crippen LogP contribution in [0.15, 0.2) is 61.2 Å². The van der Waals surface area contributed by atoms with Crippen LogP contribution in [0.25, 0.3) is 0 Å². The number of non-ortho nitro benzene ring substituents is 1. The Bertz CT molecular complexity index is 1120. The monoisotopic (exact) mass is 446 g/mol. The van der Waals surface area contributed by atoms with Crippen molar-refractivity contribution in [3.8, 4) is 0 Å². The molecule has 0 unspecified atom stereocenters. The molecule has 2 aromatic rings. The van der Waals surface area contributed by atoms with Crippen LogP contribution in [-0.4, -0.2) is 44.0 Å². The van der Waals surface area contributed by atoms with Gasteiger partial charge in [-0.3, -0.25) is 24.0 Å². The lowest BCUT2D eigenvalue weighted by Crippen LogP contribution is -2.45. The van der Waals surface area contributed by atoms with E-state index in [-0.39, 0.29) is 29.2 Å². The van der Waals surface area contributed by atoms with Crippen LogP contribution in [0.5, 0.6) is 0 Å². The Morgan fingerprint density at radius 1 is 1.23 bits per heavy atom. The molecule has 1 atom stereocenters. The van der Waals surface area contributed by atoms with Crippen LogP contribution in [0.1, 0.15) is 17.3 Å². The van der Waals surface area contributed by atoms with Crippen molar-refractivity contribution in [1.29, 1.82) is 0 Å². The summed E-state index contributed by atoms with van der Waals surface area (Å²) < 4.78 is 25.6. The van der Waals surface area contributed by atoms with E-state index < -0.39 is 32.8 Å². The van der Waals surface area contributed by atoms with E-state index in [0.717, 1.165) is 16.6 Å². The number of hydrogen-bond acceptors (Lipinski definition) is 6. The average molecular weight is 446 g/mol. The Morgan fingerprint density at radius 2 is 1.90 bits per heavy atom. The Morgan fingerprint density at radius 3 is 2.52 bits per heavy atom. The summed E-state index contributed by atoms with van der Waals surface area (Å²) in [4.78, 5) is 35.6. The Hall–Kier alpha value is -3.73. The first-order chi connectivity index (χ1) is 14.6. The molecule has 164 valence electrons. The van der Waals surface area contributed by atoms with Crippen LogP contribution in [-0.2, 0) is 14.8 Å². The third-order valence-electron chi connectivity index (χ3n) is 4.22. The fourth-order valence-electron chi connectivity index (χ4n) is 2.84. The van der Waals surface area contributed by atoms with Crippen LogP contribution in [0.2, 0.25) is 0 Å². The zero-order valence-corrected chi connectivity index (χ0v) is 17.8.